The number of aliphatic hydroxyl groups is 1. The molecule has 2 N–H and O–H groups in total. The van der Waals surface area contributed by atoms with E-state index in [0.717, 1.165) is 22.6 Å². The average Bonchev–Trinajstić information content (AvgIpc) is 2.86. The normalized spacial score (nSPS) is 15.4. The number of ether oxygens (including phenoxy) is 1. The summed E-state index contributed by atoms with van der Waals surface area (Å²) >= 11 is 0. The minimum atomic E-state index is -0.578. The third-order valence-corrected chi connectivity index (χ3v) is 4.18. The molecular weight excluding hydrogens is 278 g/mol. The molecule has 3 unspecified atom stereocenters. The van der Waals surface area contributed by atoms with Crippen molar-refractivity contribution in [1.82, 2.24) is 15.1 Å². The van der Waals surface area contributed by atoms with Crippen molar-refractivity contribution in [2.75, 3.05) is 7.11 Å². The van der Waals surface area contributed by atoms with Gasteiger partial charge in [-0.25, -0.2) is 0 Å². The highest BCUT2D eigenvalue weighted by molar-refractivity contribution is 5.29. The van der Waals surface area contributed by atoms with Crippen LogP contribution in [0.5, 0.6) is 5.75 Å². The number of hydrogen-bond acceptors (Lipinski definition) is 4. The van der Waals surface area contributed by atoms with E-state index in [0.29, 0.717) is 0 Å². The van der Waals surface area contributed by atoms with Crippen LogP contribution >= 0.6 is 0 Å². The number of aromatic nitrogens is 2. The molecule has 2 rings (SSSR count). The first-order chi connectivity index (χ1) is 10.4. The highest BCUT2D eigenvalue weighted by Gasteiger charge is 2.20. The first-order valence-electron chi connectivity index (χ1n) is 7.50. The number of methoxy groups -OCH3 is 1. The first-order valence-corrected chi connectivity index (χ1v) is 7.50. The molecule has 0 fully saturated rings. The smallest absolute Gasteiger partial charge is 0.118 e. The van der Waals surface area contributed by atoms with Gasteiger partial charge >= 0.3 is 0 Å². The van der Waals surface area contributed by atoms with E-state index in [1.54, 1.807) is 7.11 Å². The summed E-state index contributed by atoms with van der Waals surface area (Å²) < 4.78 is 7.00. The van der Waals surface area contributed by atoms with Crippen LogP contribution in [0.15, 0.2) is 30.5 Å². The Morgan fingerprint density at radius 2 is 1.86 bits per heavy atom. The maximum atomic E-state index is 10.5. The highest BCUT2D eigenvalue weighted by Crippen LogP contribution is 2.23. The van der Waals surface area contributed by atoms with E-state index in [9.17, 15) is 5.11 Å². The molecule has 5 nitrogen and oxygen atoms in total. The Morgan fingerprint density at radius 1 is 1.23 bits per heavy atom. The summed E-state index contributed by atoms with van der Waals surface area (Å²) in [7, 11) is 3.56. The van der Waals surface area contributed by atoms with Crippen molar-refractivity contribution in [3.63, 3.8) is 0 Å². The molecule has 2 aromatic rings. The summed E-state index contributed by atoms with van der Waals surface area (Å²) in [5.74, 6) is 0.788. The first kappa shape index (κ1) is 16.5. The summed E-state index contributed by atoms with van der Waals surface area (Å²) in [5.41, 5.74) is 3.15. The molecule has 0 bridgehead atoms. The maximum Gasteiger partial charge on any atom is 0.118 e. The molecule has 0 aliphatic rings. The van der Waals surface area contributed by atoms with Gasteiger partial charge in [0.2, 0.25) is 0 Å². The summed E-state index contributed by atoms with van der Waals surface area (Å²) in [6.07, 6.45) is 1.30. The third kappa shape index (κ3) is 3.48. The van der Waals surface area contributed by atoms with Gasteiger partial charge in [-0.05, 0) is 38.5 Å². The van der Waals surface area contributed by atoms with E-state index in [1.807, 2.05) is 56.0 Å². The van der Waals surface area contributed by atoms with Gasteiger partial charge < -0.3 is 15.2 Å². The molecule has 0 saturated heterocycles. The predicted molar refractivity (Wildman–Crippen MR) is 86.9 cm³/mol. The molecule has 0 aliphatic carbocycles. The largest absolute Gasteiger partial charge is 0.497 e. The molecule has 0 saturated carbocycles. The molecule has 0 radical (unpaired) electrons. The number of rotatable bonds is 6. The van der Waals surface area contributed by atoms with E-state index < -0.39 is 6.10 Å². The van der Waals surface area contributed by atoms with Crippen molar-refractivity contribution in [2.45, 2.75) is 39.0 Å². The molecule has 0 aliphatic heterocycles. The zero-order valence-electron chi connectivity index (χ0n) is 13.9. The lowest BCUT2D eigenvalue weighted by molar-refractivity contribution is 0.130. The minimum Gasteiger partial charge on any atom is -0.497 e. The lowest BCUT2D eigenvalue weighted by Crippen LogP contribution is -2.34. The predicted octanol–water partition coefficient (Wildman–Crippen LogP) is 2.51. The number of aryl methyl sites for hydroxylation is 1. The molecule has 0 amide bonds. The molecule has 1 heterocycles. The molecule has 3 atom stereocenters. The standard InChI is InChI=1S/C17H25N3O2/c1-11(16-10-18-20(4)13(16)3)19-12(2)17(21)14-6-8-15(22-5)9-7-14/h6-12,17,19,21H,1-5H3. The Balaban J connectivity index is 2.03. The summed E-state index contributed by atoms with van der Waals surface area (Å²) in [5, 5.41) is 18.2. The number of benzene rings is 1. The fourth-order valence-electron chi connectivity index (χ4n) is 2.61. The Hall–Kier alpha value is -1.85. The average molecular weight is 303 g/mol. The van der Waals surface area contributed by atoms with Crippen LogP contribution in [0.1, 0.15) is 42.8 Å². The van der Waals surface area contributed by atoms with E-state index >= 15 is 0 Å². The van der Waals surface area contributed by atoms with Crippen LogP contribution in [-0.2, 0) is 7.05 Å². The Bertz CT molecular complexity index is 607. The topological polar surface area (TPSA) is 59.3 Å². The molecule has 22 heavy (non-hydrogen) atoms. The molecule has 5 heteroatoms. The van der Waals surface area contributed by atoms with Gasteiger partial charge in [-0.3, -0.25) is 4.68 Å². The van der Waals surface area contributed by atoms with E-state index in [2.05, 4.69) is 17.3 Å². The van der Waals surface area contributed by atoms with E-state index in [-0.39, 0.29) is 12.1 Å². The zero-order chi connectivity index (χ0) is 16.3. The minimum absolute atomic E-state index is 0.0806. The van der Waals surface area contributed by atoms with Crippen molar-refractivity contribution < 1.29 is 9.84 Å². The highest BCUT2D eigenvalue weighted by atomic mass is 16.5. The van der Waals surface area contributed by atoms with Gasteiger partial charge in [0.05, 0.1) is 19.4 Å². The van der Waals surface area contributed by atoms with Gasteiger partial charge in [-0.15, -0.1) is 0 Å². The molecule has 0 spiro atoms. The fourth-order valence-corrected chi connectivity index (χ4v) is 2.61. The maximum absolute atomic E-state index is 10.5. The zero-order valence-corrected chi connectivity index (χ0v) is 13.9. The quantitative estimate of drug-likeness (QED) is 0.861. The van der Waals surface area contributed by atoms with Crippen molar-refractivity contribution in [3.05, 3.63) is 47.3 Å². The van der Waals surface area contributed by atoms with Gasteiger partial charge in [0.1, 0.15) is 5.75 Å². The van der Waals surface area contributed by atoms with Gasteiger partial charge in [0, 0.05) is 30.4 Å². The number of nitrogens with one attached hydrogen (secondary N) is 1. The van der Waals surface area contributed by atoms with Crippen molar-refractivity contribution >= 4 is 0 Å². The molecule has 120 valence electrons. The summed E-state index contributed by atoms with van der Waals surface area (Å²) in [4.78, 5) is 0. The van der Waals surface area contributed by atoms with Crippen LogP contribution in [0.25, 0.3) is 0 Å². The Labute approximate surface area is 131 Å². The van der Waals surface area contributed by atoms with Crippen LogP contribution in [0, 0.1) is 6.92 Å². The third-order valence-electron chi connectivity index (χ3n) is 4.18. The molecule has 1 aromatic heterocycles. The number of nitrogens with zero attached hydrogens (tertiary/aromatic N) is 2. The van der Waals surface area contributed by atoms with Gasteiger partial charge in [0.15, 0.2) is 0 Å². The summed E-state index contributed by atoms with van der Waals surface area (Å²) in [6, 6.07) is 7.54. The second kappa shape index (κ2) is 6.94. The lowest BCUT2D eigenvalue weighted by atomic mass is 10.0. The Kier molecular flexibility index (Phi) is 5.21. The van der Waals surface area contributed by atoms with Crippen LogP contribution in [-0.4, -0.2) is 28.0 Å². The monoisotopic (exact) mass is 303 g/mol. The van der Waals surface area contributed by atoms with Crippen LogP contribution in [0.4, 0.5) is 0 Å². The molecular formula is C17H25N3O2. The SMILES string of the molecule is COc1ccc(C(O)C(C)NC(C)c2cnn(C)c2C)cc1. The Morgan fingerprint density at radius 3 is 2.36 bits per heavy atom. The van der Waals surface area contributed by atoms with E-state index in [1.165, 1.54) is 0 Å². The second-order valence-corrected chi connectivity index (χ2v) is 5.70. The van der Waals surface area contributed by atoms with Crippen LogP contribution < -0.4 is 10.1 Å². The second-order valence-electron chi connectivity index (χ2n) is 5.70. The van der Waals surface area contributed by atoms with Gasteiger partial charge in [-0.2, -0.15) is 5.10 Å². The fraction of sp³-hybridized carbons (Fsp3) is 0.471. The molecule has 1 aromatic carbocycles. The van der Waals surface area contributed by atoms with Crippen LogP contribution in [0.2, 0.25) is 0 Å². The van der Waals surface area contributed by atoms with Crippen molar-refractivity contribution in [2.24, 2.45) is 7.05 Å². The van der Waals surface area contributed by atoms with E-state index in [4.69, 9.17) is 4.74 Å². The van der Waals surface area contributed by atoms with Gasteiger partial charge in [0.25, 0.3) is 0 Å². The summed E-state index contributed by atoms with van der Waals surface area (Å²) in [6.45, 7) is 6.11. The number of hydrogen-bond donors (Lipinski definition) is 2. The number of aliphatic hydroxyl groups excluding tert-OH is 1. The van der Waals surface area contributed by atoms with Gasteiger partial charge in [-0.1, -0.05) is 12.1 Å². The lowest BCUT2D eigenvalue weighted by Gasteiger charge is -2.25. The van der Waals surface area contributed by atoms with Crippen molar-refractivity contribution in [1.29, 1.82) is 0 Å². The van der Waals surface area contributed by atoms with Crippen molar-refractivity contribution in [3.8, 4) is 5.75 Å². The van der Waals surface area contributed by atoms with Crippen LogP contribution in [0.3, 0.4) is 0 Å².